The monoisotopic (exact) mass is 345 g/mol. The molecule has 0 bridgehead atoms. The summed E-state index contributed by atoms with van der Waals surface area (Å²) in [5, 5.41) is 0. The number of hydrogen-bond donors (Lipinski definition) is 1. The van der Waals surface area contributed by atoms with Crippen LogP contribution in [0.4, 0.5) is 4.39 Å². The molecule has 3 heterocycles. The number of amides is 1. The number of halogens is 1. The molecule has 1 aromatic heterocycles. The lowest BCUT2D eigenvalue weighted by Gasteiger charge is -2.24. The van der Waals surface area contributed by atoms with Crippen LogP contribution >= 0.6 is 0 Å². The number of carbonyl (C=O) groups is 1. The van der Waals surface area contributed by atoms with E-state index in [9.17, 15) is 14.0 Å². The minimum atomic E-state index is -0.893. The molecular formula is C17H16FN3O4. The van der Waals surface area contributed by atoms with Crippen LogP contribution in [0.3, 0.4) is 0 Å². The third-order valence-corrected chi connectivity index (χ3v) is 4.50. The molecule has 7 nitrogen and oxygen atoms in total. The van der Waals surface area contributed by atoms with Crippen LogP contribution in [0.15, 0.2) is 23.0 Å². The molecule has 0 aliphatic carbocycles. The number of likely N-dealkylation sites (tertiary alicyclic amines) is 1. The van der Waals surface area contributed by atoms with Gasteiger partial charge in [0, 0.05) is 12.1 Å². The fraction of sp³-hybridized carbons (Fsp3) is 0.353. The van der Waals surface area contributed by atoms with Crippen molar-refractivity contribution in [2.24, 2.45) is 0 Å². The van der Waals surface area contributed by atoms with Crippen LogP contribution in [0.5, 0.6) is 11.5 Å². The van der Waals surface area contributed by atoms with Gasteiger partial charge in [-0.2, -0.15) is 4.39 Å². The Kier molecular flexibility index (Phi) is 3.67. The number of nitrogens with zero attached hydrogens (tertiary/aromatic N) is 2. The molecule has 1 amide bonds. The molecule has 25 heavy (non-hydrogen) atoms. The summed E-state index contributed by atoms with van der Waals surface area (Å²) < 4.78 is 24.1. The number of aromatic amines is 1. The number of aromatic nitrogens is 2. The highest BCUT2D eigenvalue weighted by molar-refractivity contribution is 5.95. The zero-order valence-corrected chi connectivity index (χ0v) is 13.5. The van der Waals surface area contributed by atoms with E-state index in [4.69, 9.17) is 9.47 Å². The van der Waals surface area contributed by atoms with E-state index in [2.05, 4.69) is 9.97 Å². The molecule has 130 valence electrons. The minimum Gasteiger partial charge on any atom is -0.454 e. The molecule has 0 saturated carbocycles. The van der Waals surface area contributed by atoms with Crippen molar-refractivity contribution in [1.82, 2.24) is 14.9 Å². The maximum Gasteiger partial charge on any atom is 0.287 e. The van der Waals surface area contributed by atoms with E-state index in [0.29, 0.717) is 35.9 Å². The second-order valence-corrected chi connectivity index (χ2v) is 6.08. The third kappa shape index (κ3) is 2.63. The Labute approximate surface area is 142 Å². The van der Waals surface area contributed by atoms with E-state index in [1.54, 1.807) is 23.1 Å². The first-order valence-electron chi connectivity index (χ1n) is 8.01. The first-order valence-corrected chi connectivity index (χ1v) is 8.01. The topological polar surface area (TPSA) is 84.5 Å². The van der Waals surface area contributed by atoms with E-state index in [-0.39, 0.29) is 24.4 Å². The second-order valence-electron chi connectivity index (χ2n) is 6.08. The summed E-state index contributed by atoms with van der Waals surface area (Å²) in [5.41, 5.74) is -0.316. The molecule has 2 aliphatic rings. The summed E-state index contributed by atoms with van der Waals surface area (Å²) in [5.74, 6) is 0.372. The highest BCUT2D eigenvalue weighted by Gasteiger charge is 2.33. The van der Waals surface area contributed by atoms with Gasteiger partial charge in [-0.1, -0.05) is 0 Å². The second kappa shape index (κ2) is 5.87. The number of aryl methyl sites for hydroxylation is 1. The number of ether oxygens (including phenoxy) is 2. The zero-order chi connectivity index (χ0) is 17.6. The maximum atomic E-state index is 13.5. The Morgan fingerprint density at radius 3 is 2.96 bits per heavy atom. The van der Waals surface area contributed by atoms with Gasteiger partial charge in [0.25, 0.3) is 11.5 Å². The molecule has 4 rings (SSSR count). The van der Waals surface area contributed by atoms with Crippen LogP contribution in [0.2, 0.25) is 0 Å². The summed E-state index contributed by atoms with van der Waals surface area (Å²) >= 11 is 0. The van der Waals surface area contributed by atoms with Gasteiger partial charge in [-0.15, -0.1) is 0 Å². The molecule has 1 saturated heterocycles. The molecule has 2 aromatic rings. The number of carbonyl (C=O) groups excluding carboxylic acids is 1. The lowest BCUT2D eigenvalue weighted by molar-refractivity contribution is 0.0729. The van der Waals surface area contributed by atoms with Gasteiger partial charge < -0.3 is 19.4 Å². The van der Waals surface area contributed by atoms with Crippen molar-refractivity contribution in [2.75, 3.05) is 13.3 Å². The van der Waals surface area contributed by atoms with Crippen LogP contribution in [0.25, 0.3) is 0 Å². The number of hydrogen-bond acceptors (Lipinski definition) is 5. The number of H-pyrrole nitrogens is 1. The molecule has 0 unspecified atom stereocenters. The largest absolute Gasteiger partial charge is 0.454 e. The lowest BCUT2D eigenvalue weighted by atomic mass is 10.1. The Bertz CT molecular complexity index is 911. The zero-order valence-electron chi connectivity index (χ0n) is 13.5. The van der Waals surface area contributed by atoms with Crippen molar-refractivity contribution in [1.29, 1.82) is 0 Å². The van der Waals surface area contributed by atoms with Crippen molar-refractivity contribution in [3.8, 4) is 11.5 Å². The van der Waals surface area contributed by atoms with Crippen LogP contribution in [0, 0.1) is 12.7 Å². The van der Waals surface area contributed by atoms with Crippen molar-refractivity contribution >= 4 is 5.91 Å². The van der Waals surface area contributed by atoms with Gasteiger partial charge in [0.15, 0.2) is 11.5 Å². The van der Waals surface area contributed by atoms with Gasteiger partial charge in [-0.05, 0) is 38.0 Å². The van der Waals surface area contributed by atoms with Crippen LogP contribution in [-0.4, -0.2) is 34.1 Å². The fourth-order valence-corrected chi connectivity index (χ4v) is 3.24. The van der Waals surface area contributed by atoms with Gasteiger partial charge in [0.1, 0.15) is 5.82 Å². The quantitative estimate of drug-likeness (QED) is 0.899. The standard InChI is InChI=1S/C17H16FN3O4/c1-9-14(18)16(22)20-15(19-9)11-3-2-6-21(11)17(23)10-4-5-12-13(7-10)25-8-24-12/h4-5,7,11H,2-3,6,8H2,1H3,(H,19,20,22)/t11-/m0/s1. The van der Waals surface area contributed by atoms with Crippen molar-refractivity contribution in [3.63, 3.8) is 0 Å². The first-order chi connectivity index (χ1) is 12.0. The lowest BCUT2D eigenvalue weighted by Crippen LogP contribution is -2.33. The molecule has 0 radical (unpaired) electrons. The van der Waals surface area contributed by atoms with E-state index in [1.807, 2.05) is 0 Å². The highest BCUT2D eigenvalue weighted by Crippen LogP contribution is 2.35. The van der Waals surface area contributed by atoms with Gasteiger partial charge in [-0.3, -0.25) is 9.59 Å². The van der Waals surface area contributed by atoms with Gasteiger partial charge >= 0.3 is 0 Å². The molecule has 1 fully saturated rings. The van der Waals surface area contributed by atoms with Crippen LogP contribution in [0.1, 0.15) is 40.8 Å². The van der Waals surface area contributed by atoms with Crippen molar-refractivity contribution in [2.45, 2.75) is 25.8 Å². The molecule has 0 spiro atoms. The van der Waals surface area contributed by atoms with Gasteiger partial charge in [-0.25, -0.2) is 4.98 Å². The number of rotatable bonds is 2. The Morgan fingerprint density at radius 2 is 2.16 bits per heavy atom. The van der Waals surface area contributed by atoms with E-state index in [1.165, 1.54) is 6.92 Å². The average Bonchev–Trinajstić information content (AvgIpc) is 3.26. The summed E-state index contributed by atoms with van der Waals surface area (Å²) in [4.78, 5) is 32.8. The van der Waals surface area contributed by atoms with Crippen molar-refractivity contribution in [3.05, 3.63) is 51.5 Å². The molecule has 1 aromatic carbocycles. The van der Waals surface area contributed by atoms with Crippen molar-refractivity contribution < 1.29 is 18.7 Å². The molecule has 1 atom stereocenters. The van der Waals surface area contributed by atoms with Crippen LogP contribution < -0.4 is 15.0 Å². The highest BCUT2D eigenvalue weighted by atomic mass is 19.1. The summed E-state index contributed by atoms with van der Waals surface area (Å²) in [6, 6.07) is 4.64. The Morgan fingerprint density at radius 1 is 1.36 bits per heavy atom. The predicted molar refractivity (Wildman–Crippen MR) is 85.1 cm³/mol. The first kappa shape index (κ1) is 15.6. The smallest absolute Gasteiger partial charge is 0.287 e. The summed E-state index contributed by atoms with van der Waals surface area (Å²) in [6.45, 7) is 2.12. The Balaban J connectivity index is 1.65. The molecule has 8 heteroatoms. The fourth-order valence-electron chi connectivity index (χ4n) is 3.24. The molecular weight excluding hydrogens is 329 g/mol. The van der Waals surface area contributed by atoms with E-state index < -0.39 is 11.4 Å². The SMILES string of the molecule is Cc1nc([C@@H]2CCCN2C(=O)c2ccc3c(c2)OCO3)[nH]c(=O)c1F. The van der Waals surface area contributed by atoms with E-state index in [0.717, 1.165) is 6.42 Å². The van der Waals surface area contributed by atoms with Crippen LogP contribution in [-0.2, 0) is 0 Å². The summed E-state index contributed by atoms with van der Waals surface area (Å²) in [6.07, 6.45) is 1.44. The normalized spacial score (nSPS) is 18.6. The number of nitrogens with one attached hydrogen (secondary N) is 1. The number of benzene rings is 1. The van der Waals surface area contributed by atoms with Gasteiger partial charge in [0.05, 0.1) is 11.7 Å². The third-order valence-electron chi connectivity index (χ3n) is 4.50. The molecule has 1 N–H and O–H groups in total. The maximum absolute atomic E-state index is 13.5. The Hall–Kier alpha value is -2.90. The minimum absolute atomic E-state index is 0.0288. The van der Waals surface area contributed by atoms with Gasteiger partial charge in [0.2, 0.25) is 12.6 Å². The van der Waals surface area contributed by atoms with E-state index >= 15 is 0 Å². The number of fused-ring (bicyclic) bond motifs is 1. The predicted octanol–water partition coefficient (Wildman–Crippen LogP) is 1.92. The molecule has 2 aliphatic heterocycles. The average molecular weight is 345 g/mol. The summed E-state index contributed by atoms with van der Waals surface area (Å²) in [7, 11) is 0.